The summed E-state index contributed by atoms with van der Waals surface area (Å²) in [5.74, 6) is -0.187. The number of thiol groups is 1. The molecule has 1 aromatic rings. The Morgan fingerprint density at radius 3 is 2.18 bits per heavy atom. The van der Waals surface area contributed by atoms with Gasteiger partial charge in [0.05, 0.1) is 0 Å². The zero-order valence-corrected chi connectivity index (χ0v) is 7.53. The fourth-order valence-corrected chi connectivity index (χ4v) is 1.14. The Hall–Kier alpha value is -0.500. The third kappa shape index (κ3) is 1.96. The lowest BCUT2D eigenvalue weighted by molar-refractivity contribution is 0.588. The van der Waals surface area contributed by atoms with E-state index in [1.54, 1.807) is 12.1 Å². The van der Waals surface area contributed by atoms with Gasteiger partial charge in [-0.15, -0.1) is 0 Å². The number of rotatable bonds is 1. The second-order valence-corrected chi connectivity index (χ2v) is 4.16. The lowest BCUT2D eigenvalue weighted by Gasteiger charge is -2.18. The van der Waals surface area contributed by atoms with Gasteiger partial charge in [0.25, 0.3) is 0 Å². The first-order chi connectivity index (χ1) is 5.02. The van der Waals surface area contributed by atoms with E-state index in [-0.39, 0.29) is 5.82 Å². The van der Waals surface area contributed by atoms with Gasteiger partial charge in [-0.3, -0.25) is 0 Å². The Morgan fingerprint density at radius 1 is 1.27 bits per heavy atom. The highest BCUT2D eigenvalue weighted by molar-refractivity contribution is 7.81. The topological polar surface area (TPSA) is 0 Å². The molecule has 0 heterocycles. The van der Waals surface area contributed by atoms with E-state index in [0.29, 0.717) is 5.56 Å². The first-order valence-corrected chi connectivity index (χ1v) is 3.94. The van der Waals surface area contributed by atoms with Crippen LogP contribution >= 0.6 is 12.6 Å². The van der Waals surface area contributed by atoms with Crippen LogP contribution in [0.3, 0.4) is 0 Å². The molecule has 2 heteroatoms. The lowest BCUT2D eigenvalue weighted by atomic mass is 10.0. The highest BCUT2D eigenvalue weighted by atomic mass is 32.1. The van der Waals surface area contributed by atoms with Gasteiger partial charge < -0.3 is 0 Å². The Morgan fingerprint density at radius 2 is 1.82 bits per heavy atom. The van der Waals surface area contributed by atoms with Crippen LogP contribution in [0.25, 0.3) is 0 Å². The predicted molar refractivity (Wildman–Crippen MR) is 48.4 cm³/mol. The fraction of sp³-hybridized carbons (Fsp3) is 0.333. The van der Waals surface area contributed by atoms with Gasteiger partial charge in [-0.05, 0) is 19.9 Å². The van der Waals surface area contributed by atoms with Crippen LogP contribution in [-0.4, -0.2) is 0 Å². The number of hydrogen-bond acceptors (Lipinski definition) is 1. The van der Waals surface area contributed by atoms with Gasteiger partial charge in [-0.2, -0.15) is 12.6 Å². The van der Waals surface area contributed by atoms with Crippen LogP contribution in [-0.2, 0) is 4.75 Å². The van der Waals surface area contributed by atoms with E-state index >= 15 is 0 Å². The molecule has 11 heavy (non-hydrogen) atoms. The molecule has 0 spiro atoms. The smallest absolute Gasteiger partial charge is 0.127 e. The predicted octanol–water partition coefficient (Wildman–Crippen LogP) is 2.99. The zero-order chi connectivity index (χ0) is 8.48. The van der Waals surface area contributed by atoms with Crippen LogP contribution in [0, 0.1) is 5.82 Å². The zero-order valence-electron chi connectivity index (χ0n) is 6.63. The van der Waals surface area contributed by atoms with Crippen molar-refractivity contribution in [1.82, 2.24) is 0 Å². The molecule has 0 atom stereocenters. The summed E-state index contributed by atoms with van der Waals surface area (Å²) in [5.41, 5.74) is 0.642. The standard InChI is InChI=1S/C9H11FS/c1-9(2,11)7-5-3-4-6-8(7)10/h3-6,11H,1-2H3. The molecule has 60 valence electrons. The van der Waals surface area contributed by atoms with Crippen molar-refractivity contribution < 1.29 is 4.39 Å². The van der Waals surface area contributed by atoms with Gasteiger partial charge in [0.2, 0.25) is 0 Å². The molecule has 0 saturated heterocycles. The molecule has 0 aliphatic heterocycles. The van der Waals surface area contributed by atoms with E-state index in [1.165, 1.54) is 6.07 Å². The van der Waals surface area contributed by atoms with E-state index < -0.39 is 4.75 Å². The third-order valence-electron chi connectivity index (χ3n) is 1.53. The molecule has 1 aromatic carbocycles. The summed E-state index contributed by atoms with van der Waals surface area (Å²) in [7, 11) is 0. The van der Waals surface area contributed by atoms with Crippen LogP contribution in [0.2, 0.25) is 0 Å². The van der Waals surface area contributed by atoms with Gasteiger partial charge in [0.15, 0.2) is 0 Å². The first-order valence-electron chi connectivity index (χ1n) is 3.49. The monoisotopic (exact) mass is 170 g/mol. The molecule has 0 bridgehead atoms. The summed E-state index contributed by atoms with van der Waals surface area (Å²) < 4.78 is 12.6. The van der Waals surface area contributed by atoms with E-state index in [4.69, 9.17) is 0 Å². The second kappa shape index (κ2) is 2.86. The van der Waals surface area contributed by atoms with E-state index in [0.717, 1.165) is 0 Å². The highest BCUT2D eigenvalue weighted by Gasteiger charge is 2.17. The largest absolute Gasteiger partial charge is 0.207 e. The summed E-state index contributed by atoms with van der Waals surface area (Å²) >= 11 is 4.27. The Kier molecular flexibility index (Phi) is 2.23. The second-order valence-electron chi connectivity index (χ2n) is 3.04. The SMILES string of the molecule is CC(C)(S)c1ccccc1F. The Labute approximate surface area is 71.8 Å². The van der Waals surface area contributed by atoms with Crippen molar-refractivity contribution in [3.05, 3.63) is 35.6 Å². The van der Waals surface area contributed by atoms with Crippen molar-refractivity contribution >= 4 is 12.6 Å². The molecule has 0 nitrogen and oxygen atoms in total. The molecular formula is C9H11FS. The summed E-state index contributed by atoms with van der Waals surface area (Å²) in [6, 6.07) is 6.70. The van der Waals surface area contributed by atoms with Crippen molar-refractivity contribution in [2.24, 2.45) is 0 Å². The average molecular weight is 170 g/mol. The summed E-state index contributed by atoms with van der Waals surface area (Å²) in [5, 5.41) is 0. The van der Waals surface area contributed by atoms with Crippen LogP contribution in [0.5, 0.6) is 0 Å². The van der Waals surface area contributed by atoms with E-state index in [9.17, 15) is 4.39 Å². The Bertz CT molecular complexity index is 250. The fourth-order valence-electron chi connectivity index (χ4n) is 0.957. The van der Waals surface area contributed by atoms with Crippen LogP contribution < -0.4 is 0 Å². The maximum absolute atomic E-state index is 13.0. The third-order valence-corrected chi connectivity index (χ3v) is 1.77. The number of halogens is 1. The van der Waals surface area contributed by atoms with Crippen molar-refractivity contribution in [3.8, 4) is 0 Å². The minimum absolute atomic E-state index is 0.187. The molecule has 0 aromatic heterocycles. The average Bonchev–Trinajstić information content (AvgIpc) is 1.86. The van der Waals surface area contributed by atoms with Crippen LogP contribution in [0.15, 0.2) is 24.3 Å². The maximum atomic E-state index is 13.0. The summed E-state index contributed by atoms with van der Waals surface area (Å²) in [4.78, 5) is 0. The van der Waals surface area contributed by atoms with Crippen molar-refractivity contribution in [2.45, 2.75) is 18.6 Å². The number of hydrogen-bond donors (Lipinski definition) is 1. The lowest BCUT2D eigenvalue weighted by Crippen LogP contribution is -2.09. The molecule has 0 aliphatic rings. The molecule has 0 amide bonds. The van der Waals surface area contributed by atoms with Gasteiger partial charge in [0, 0.05) is 10.3 Å². The minimum atomic E-state index is -0.397. The highest BCUT2D eigenvalue weighted by Crippen LogP contribution is 2.28. The molecule has 0 saturated carbocycles. The summed E-state index contributed by atoms with van der Waals surface area (Å²) in [6.45, 7) is 3.74. The van der Waals surface area contributed by atoms with Crippen LogP contribution in [0.1, 0.15) is 19.4 Å². The molecule has 0 aliphatic carbocycles. The van der Waals surface area contributed by atoms with Gasteiger partial charge >= 0.3 is 0 Å². The van der Waals surface area contributed by atoms with Gasteiger partial charge in [-0.25, -0.2) is 4.39 Å². The summed E-state index contributed by atoms with van der Waals surface area (Å²) in [6.07, 6.45) is 0. The van der Waals surface area contributed by atoms with Crippen molar-refractivity contribution in [1.29, 1.82) is 0 Å². The van der Waals surface area contributed by atoms with E-state index in [2.05, 4.69) is 12.6 Å². The first kappa shape index (κ1) is 8.60. The number of benzene rings is 1. The van der Waals surface area contributed by atoms with Crippen molar-refractivity contribution in [2.75, 3.05) is 0 Å². The maximum Gasteiger partial charge on any atom is 0.127 e. The van der Waals surface area contributed by atoms with E-state index in [1.807, 2.05) is 19.9 Å². The normalized spacial score (nSPS) is 11.6. The molecule has 0 N–H and O–H groups in total. The quantitative estimate of drug-likeness (QED) is 0.615. The van der Waals surface area contributed by atoms with Gasteiger partial charge in [0.1, 0.15) is 5.82 Å². The molecule has 0 radical (unpaired) electrons. The Balaban J connectivity index is 3.14. The molecule has 0 unspecified atom stereocenters. The van der Waals surface area contributed by atoms with Crippen LogP contribution in [0.4, 0.5) is 4.39 Å². The van der Waals surface area contributed by atoms with Crippen molar-refractivity contribution in [3.63, 3.8) is 0 Å². The molecule has 0 fully saturated rings. The molecular weight excluding hydrogens is 159 g/mol. The van der Waals surface area contributed by atoms with Gasteiger partial charge in [-0.1, -0.05) is 18.2 Å². The molecule has 1 rings (SSSR count). The minimum Gasteiger partial charge on any atom is -0.207 e.